The van der Waals surface area contributed by atoms with E-state index < -0.39 is 0 Å². The van der Waals surface area contributed by atoms with Gasteiger partial charge in [0.1, 0.15) is 19.6 Å². The molecule has 0 unspecified atom stereocenters. The molecule has 1 aromatic carbocycles. The van der Waals surface area contributed by atoms with Gasteiger partial charge in [0.25, 0.3) is 0 Å². The molecule has 5 nitrogen and oxygen atoms in total. The molecule has 0 saturated carbocycles. The lowest BCUT2D eigenvalue weighted by molar-refractivity contribution is -0.917. The minimum Gasteiger partial charge on any atom is -0.399 e. The van der Waals surface area contributed by atoms with Crippen molar-refractivity contribution in [3.8, 4) is 0 Å². The molecule has 3 rings (SSSR count). The number of ether oxygens (including phenoxy) is 2. The summed E-state index contributed by atoms with van der Waals surface area (Å²) in [6.45, 7) is 8.66. The van der Waals surface area contributed by atoms with Gasteiger partial charge in [-0.15, -0.1) is 0 Å². The van der Waals surface area contributed by atoms with Crippen molar-refractivity contribution < 1.29 is 14.0 Å². The molecule has 2 N–H and O–H groups in total. The van der Waals surface area contributed by atoms with Gasteiger partial charge in [0.2, 0.25) is 0 Å². The van der Waals surface area contributed by atoms with Crippen molar-refractivity contribution in [2.75, 3.05) is 76.8 Å². The highest BCUT2D eigenvalue weighted by molar-refractivity contribution is 5.64. The zero-order valence-electron chi connectivity index (χ0n) is 13.6. The maximum atomic E-state index is 5.90. The second-order valence-electron chi connectivity index (χ2n) is 6.64. The number of hydrogen-bond acceptors (Lipinski definition) is 4. The molecule has 122 valence electrons. The number of hydrogen-bond donors (Lipinski definition) is 1. The van der Waals surface area contributed by atoms with E-state index in [-0.39, 0.29) is 0 Å². The summed E-state index contributed by atoms with van der Waals surface area (Å²) in [6.07, 6.45) is 1.12. The fraction of sp³-hybridized carbons (Fsp3) is 0.647. The van der Waals surface area contributed by atoms with E-state index in [0.717, 1.165) is 75.7 Å². The molecule has 0 aromatic heterocycles. The van der Waals surface area contributed by atoms with Crippen molar-refractivity contribution in [3.05, 3.63) is 23.8 Å². The molecule has 2 aliphatic heterocycles. The quantitative estimate of drug-likeness (QED) is 0.486. The summed E-state index contributed by atoms with van der Waals surface area (Å²) in [5, 5.41) is 0. The second-order valence-corrected chi connectivity index (χ2v) is 6.64. The molecule has 0 bridgehead atoms. The molecule has 0 atom stereocenters. The van der Waals surface area contributed by atoms with Crippen molar-refractivity contribution in [2.45, 2.75) is 6.42 Å². The molecule has 0 amide bonds. The molecule has 2 heterocycles. The standard InChI is InChI=1S/C17H28N3O2/c1-20(8-12-22-13-9-20)7-11-21-10-6-19-5-4-15-2-3-16(18)14-17(15)19/h2-3,14H,4-13,18H2,1H3/q+1. The van der Waals surface area contributed by atoms with Crippen molar-refractivity contribution >= 4 is 11.4 Å². The number of nitrogens with zero attached hydrogens (tertiary/aromatic N) is 2. The largest absolute Gasteiger partial charge is 0.399 e. The fourth-order valence-electron chi connectivity index (χ4n) is 3.26. The SMILES string of the molecule is C[N+]1(CCOCCN2CCc3ccc(N)cc32)CCOCC1. The summed E-state index contributed by atoms with van der Waals surface area (Å²) in [5.74, 6) is 0. The van der Waals surface area contributed by atoms with Gasteiger partial charge in [-0.25, -0.2) is 0 Å². The Morgan fingerprint density at radius 2 is 2.09 bits per heavy atom. The molecule has 1 aromatic rings. The molecular weight excluding hydrogens is 278 g/mol. The highest BCUT2D eigenvalue weighted by Gasteiger charge is 2.24. The first-order valence-electron chi connectivity index (χ1n) is 8.29. The lowest BCUT2D eigenvalue weighted by Gasteiger charge is -2.37. The van der Waals surface area contributed by atoms with Crippen molar-refractivity contribution in [1.29, 1.82) is 0 Å². The molecule has 0 radical (unpaired) electrons. The van der Waals surface area contributed by atoms with Crippen LogP contribution in [0.25, 0.3) is 0 Å². The van der Waals surface area contributed by atoms with E-state index in [1.807, 2.05) is 6.07 Å². The van der Waals surface area contributed by atoms with E-state index in [0.29, 0.717) is 0 Å². The molecule has 0 aliphatic carbocycles. The van der Waals surface area contributed by atoms with Crippen LogP contribution in [-0.2, 0) is 15.9 Å². The Morgan fingerprint density at radius 1 is 1.27 bits per heavy atom. The number of benzene rings is 1. The number of nitrogens with two attached hydrogens (primary N) is 1. The second kappa shape index (κ2) is 6.86. The van der Waals surface area contributed by atoms with Crippen LogP contribution in [0.1, 0.15) is 5.56 Å². The van der Waals surface area contributed by atoms with Crippen molar-refractivity contribution in [1.82, 2.24) is 0 Å². The first-order valence-corrected chi connectivity index (χ1v) is 8.29. The zero-order chi connectivity index (χ0) is 15.4. The molecule has 1 saturated heterocycles. The highest BCUT2D eigenvalue weighted by atomic mass is 16.5. The van der Waals surface area contributed by atoms with Gasteiger partial charge in [-0.3, -0.25) is 0 Å². The van der Waals surface area contributed by atoms with Crippen LogP contribution in [-0.4, -0.2) is 70.7 Å². The molecule has 5 heteroatoms. The van der Waals surface area contributed by atoms with Gasteiger partial charge in [-0.05, 0) is 24.1 Å². The highest BCUT2D eigenvalue weighted by Crippen LogP contribution is 2.29. The average Bonchev–Trinajstić information content (AvgIpc) is 2.90. The molecular formula is C17H28N3O2+. The van der Waals surface area contributed by atoms with Gasteiger partial charge in [-0.1, -0.05) is 6.07 Å². The summed E-state index contributed by atoms with van der Waals surface area (Å²) in [5.41, 5.74) is 9.43. The Balaban J connectivity index is 1.39. The maximum Gasteiger partial charge on any atom is 0.102 e. The van der Waals surface area contributed by atoms with E-state index in [2.05, 4.69) is 24.1 Å². The first-order chi connectivity index (χ1) is 10.7. The minimum absolute atomic E-state index is 0.782. The van der Waals surface area contributed by atoms with Gasteiger partial charge < -0.3 is 24.6 Å². The number of likely N-dealkylation sites (N-methyl/N-ethyl adjacent to an activating group) is 1. The lowest BCUT2D eigenvalue weighted by atomic mass is 10.1. The monoisotopic (exact) mass is 306 g/mol. The topological polar surface area (TPSA) is 47.7 Å². The predicted octanol–water partition coefficient (Wildman–Crippen LogP) is 1.12. The number of fused-ring (bicyclic) bond motifs is 1. The van der Waals surface area contributed by atoms with Crippen LogP contribution in [0, 0.1) is 0 Å². The summed E-state index contributed by atoms with van der Waals surface area (Å²) in [4.78, 5) is 2.39. The molecule has 0 spiro atoms. The summed E-state index contributed by atoms with van der Waals surface area (Å²) >= 11 is 0. The molecule has 22 heavy (non-hydrogen) atoms. The normalized spacial score (nSPS) is 20.1. The zero-order valence-corrected chi connectivity index (χ0v) is 13.6. The third-order valence-corrected chi connectivity index (χ3v) is 4.93. The van der Waals surface area contributed by atoms with Crippen LogP contribution < -0.4 is 10.6 Å². The van der Waals surface area contributed by atoms with Gasteiger partial charge in [-0.2, -0.15) is 0 Å². The third-order valence-electron chi connectivity index (χ3n) is 4.93. The van der Waals surface area contributed by atoms with E-state index in [1.54, 1.807) is 0 Å². The van der Waals surface area contributed by atoms with Crippen LogP contribution in [0.4, 0.5) is 11.4 Å². The van der Waals surface area contributed by atoms with Crippen LogP contribution >= 0.6 is 0 Å². The Labute approximate surface area is 133 Å². The minimum atomic E-state index is 0.782. The summed E-state index contributed by atoms with van der Waals surface area (Å²) < 4.78 is 12.4. The van der Waals surface area contributed by atoms with Crippen LogP contribution in [0.15, 0.2) is 18.2 Å². The first kappa shape index (κ1) is 15.6. The van der Waals surface area contributed by atoms with Gasteiger partial charge in [0.05, 0.1) is 33.5 Å². The number of morpholine rings is 1. The van der Waals surface area contributed by atoms with Crippen molar-refractivity contribution in [3.63, 3.8) is 0 Å². The van der Waals surface area contributed by atoms with E-state index >= 15 is 0 Å². The van der Waals surface area contributed by atoms with Crippen LogP contribution in [0.5, 0.6) is 0 Å². The van der Waals surface area contributed by atoms with Crippen LogP contribution in [0.2, 0.25) is 0 Å². The lowest BCUT2D eigenvalue weighted by Crippen LogP contribution is -2.53. The third kappa shape index (κ3) is 3.72. The Kier molecular flexibility index (Phi) is 4.86. The fourth-order valence-corrected chi connectivity index (χ4v) is 3.26. The molecule has 1 fully saturated rings. The summed E-state index contributed by atoms with van der Waals surface area (Å²) in [7, 11) is 2.30. The number of quaternary nitrogens is 1. The smallest absolute Gasteiger partial charge is 0.102 e. The van der Waals surface area contributed by atoms with E-state index in [9.17, 15) is 0 Å². The number of anilines is 2. The van der Waals surface area contributed by atoms with Crippen molar-refractivity contribution in [2.24, 2.45) is 0 Å². The predicted molar refractivity (Wildman–Crippen MR) is 89.2 cm³/mol. The van der Waals surface area contributed by atoms with Gasteiger partial charge in [0, 0.05) is 24.5 Å². The van der Waals surface area contributed by atoms with Gasteiger partial charge in [0.15, 0.2) is 0 Å². The summed E-state index contributed by atoms with van der Waals surface area (Å²) in [6, 6.07) is 6.22. The Morgan fingerprint density at radius 3 is 2.91 bits per heavy atom. The Hall–Kier alpha value is -1.30. The number of rotatable bonds is 6. The van der Waals surface area contributed by atoms with E-state index in [1.165, 1.54) is 11.3 Å². The number of nitrogen functional groups attached to an aromatic ring is 1. The maximum absolute atomic E-state index is 5.90. The average molecular weight is 306 g/mol. The Bertz CT molecular complexity index is 501. The van der Waals surface area contributed by atoms with E-state index in [4.69, 9.17) is 15.2 Å². The van der Waals surface area contributed by atoms with Gasteiger partial charge >= 0.3 is 0 Å². The van der Waals surface area contributed by atoms with Crippen LogP contribution in [0.3, 0.4) is 0 Å². The molecule has 2 aliphatic rings.